The number of fused-ring (bicyclic) bond motifs is 1. The highest BCUT2D eigenvalue weighted by Gasteiger charge is 2.34. The Labute approximate surface area is 149 Å². The largest absolute Gasteiger partial charge is 0.396 e. The van der Waals surface area contributed by atoms with Crippen LogP contribution in [0, 0.1) is 35.5 Å². The molecule has 24 heavy (non-hydrogen) atoms. The van der Waals surface area contributed by atoms with Crippen molar-refractivity contribution in [3.8, 4) is 11.8 Å². The average Bonchev–Trinajstić information content (AvgIpc) is 2.55. The Morgan fingerprint density at radius 3 is 2.29 bits per heavy atom. The molecule has 2 fully saturated rings. The zero-order valence-electron chi connectivity index (χ0n) is 15.9. The van der Waals surface area contributed by atoms with Gasteiger partial charge in [-0.05, 0) is 70.1 Å². The van der Waals surface area contributed by atoms with Crippen LogP contribution < -0.4 is 0 Å². The summed E-state index contributed by atoms with van der Waals surface area (Å²) in [5.74, 6) is 9.69. The Bertz CT molecular complexity index is 412. The summed E-state index contributed by atoms with van der Waals surface area (Å²) in [5.41, 5.74) is -0.842. The lowest BCUT2D eigenvalue weighted by Crippen LogP contribution is -2.31. The van der Waals surface area contributed by atoms with E-state index in [1.54, 1.807) is 13.8 Å². The van der Waals surface area contributed by atoms with Gasteiger partial charge in [-0.2, -0.15) is 0 Å². The van der Waals surface area contributed by atoms with Crippen molar-refractivity contribution in [2.45, 2.75) is 96.5 Å². The molecule has 4 atom stereocenters. The Hall–Kier alpha value is -0.520. The van der Waals surface area contributed by atoms with E-state index in [0.29, 0.717) is 12.5 Å². The number of aliphatic hydroxyl groups is 2. The summed E-state index contributed by atoms with van der Waals surface area (Å²) >= 11 is 0. The van der Waals surface area contributed by atoms with Crippen molar-refractivity contribution in [3.05, 3.63) is 0 Å². The highest BCUT2D eigenvalue weighted by atomic mass is 16.3. The van der Waals surface area contributed by atoms with Crippen LogP contribution in [-0.4, -0.2) is 22.4 Å². The third-order valence-electron chi connectivity index (χ3n) is 6.07. The van der Waals surface area contributed by atoms with Gasteiger partial charge >= 0.3 is 0 Å². The van der Waals surface area contributed by atoms with Crippen LogP contribution in [-0.2, 0) is 0 Å². The van der Waals surface area contributed by atoms with Gasteiger partial charge in [0.15, 0.2) is 0 Å². The number of hydrogen-bond donors (Lipinski definition) is 2. The maximum absolute atomic E-state index is 9.78. The first-order valence-corrected chi connectivity index (χ1v) is 10.3. The second-order valence-corrected chi connectivity index (χ2v) is 8.82. The predicted octanol–water partition coefficient (Wildman–Crippen LogP) is 4.93. The molecule has 0 aromatic heterocycles. The van der Waals surface area contributed by atoms with Crippen molar-refractivity contribution in [1.82, 2.24) is 0 Å². The Kier molecular flexibility index (Phi) is 8.11. The van der Waals surface area contributed by atoms with Crippen molar-refractivity contribution in [2.24, 2.45) is 23.7 Å². The maximum Gasteiger partial charge on any atom is 0.119 e. The number of unbranched alkanes of at least 4 members (excludes halogenated alkanes) is 4. The van der Waals surface area contributed by atoms with Gasteiger partial charge in [0.1, 0.15) is 5.60 Å². The third kappa shape index (κ3) is 7.16. The van der Waals surface area contributed by atoms with Crippen LogP contribution in [0.5, 0.6) is 0 Å². The second-order valence-electron chi connectivity index (χ2n) is 8.82. The van der Waals surface area contributed by atoms with E-state index in [-0.39, 0.29) is 0 Å². The molecule has 2 N–H and O–H groups in total. The zero-order valence-corrected chi connectivity index (χ0v) is 15.9. The summed E-state index contributed by atoms with van der Waals surface area (Å²) in [4.78, 5) is 0. The Balaban J connectivity index is 1.66. The molecule has 2 nitrogen and oxygen atoms in total. The molecule has 4 unspecified atom stereocenters. The van der Waals surface area contributed by atoms with Gasteiger partial charge in [-0.25, -0.2) is 0 Å². The smallest absolute Gasteiger partial charge is 0.119 e. The first kappa shape index (κ1) is 19.8. The Morgan fingerprint density at radius 2 is 1.54 bits per heavy atom. The third-order valence-corrected chi connectivity index (χ3v) is 6.07. The molecule has 2 aliphatic carbocycles. The van der Waals surface area contributed by atoms with Gasteiger partial charge in [-0.3, -0.25) is 0 Å². The maximum atomic E-state index is 9.78. The number of aliphatic hydroxyl groups excluding tert-OH is 1. The summed E-state index contributed by atoms with van der Waals surface area (Å²) in [6.07, 6.45) is 15.7. The fourth-order valence-electron chi connectivity index (χ4n) is 4.73. The van der Waals surface area contributed by atoms with Gasteiger partial charge in [0, 0.05) is 12.5 Å². The van der Waals surface area contributed by atoms with Crippen LogP contribution in [0.3, 0.4) is 0 Å². The SMILES string of the molecule is CC(C)(O)C#CC1CCC2CC(CCCCCCCO)CCC2C1. The Morgan fingerprint density at radius 1 is 0.875 bits per heavy atom. The lowest BCUT2D eigenvalue weighted by Gasteiger charge is -2.41. The van der Waals surface area contributed by atoms with E-state index in [0.717, 1.165) is 24.2 Å². The van der Waals surface area contributed by atoms with E-state index < -0.39 is 5.60 Å². The average molecular weight is 335 g/mol. The quantitative estimate of drug-likeness (QED) is 0.512. The normalized spacial score (nSPS) is 30.3. The zero-order chi connectivity index (χ0) is 17.4. The predicted molar refractivity (Wildman–Crippen MR) is 101 cm³/mol. The monoisotopic (exact) mass is 334 g/mol. The molecular weight excluding hydrogens is 296 g/mol. The second kappa shape index (κ2) is 9.83. The topological polar surface area (TPSA) is 40.5 Å². The van der Waals surface area contributed by atoms with Gasteiger partial charge in [0.2, 0.25) is 0 Å². The van der Waals surface area contributed by atoms with Crippen LogP contribution in [0.4, 0.5) is 0 Å². The van der Waals surface area contributed by atoms with Crippen LogP contribution in [0.2, 0.25) is 0 Å². The lowest BCUT2D eigenvalue weighted by atomic mass is 9.64. The first-order valence-electron chi connectivity index (χ1n) is 10.3. The molecule has 0 amide bonds. The van der Waals surface area contributed by atoms with Crippen molar-refractivity contribution in [2.75, 3.05) is 6.61 Å². The molecule has 2 aliphatic rings. The van der Waals surface area contributed by atoms with Crippen molar-refractivity contribution in [1.29, 1.82) is 0 Å². The van der Waals surface area contributed by atoms with Crippen LogP contribution >= 0.6 is 0 Å². The van der Waals surface area contributed by atoms with Crippen LogP contribution in [0.25, 0.3) is 0 Å². The molecule has 0 saturated heterocycles. The van der Waals surface area contributed by atoms with Crippen molar-refractivity contribution >= 4 is 0 Å². The van der Waals surface area contributed by atoms with E-state index in [1.807, 2.05) is 0 Å². The highest BCUT2D eigenvalue weighted by molar-refractivity contribution is 5.13. The molecule has 2 rings (SSSR count). The molecule has 138 valence electrons. The van der Waals surface area contributed by atoms with Crippen LogP contribution in [0.1, 0.15) is 90.9 Å². The van der Waals surface area contributed by atoms with Gasteiger partial charge < -0.3 is 10.2 Å². The summed E-state index contributed by atoms with van der Waals surface area (Å²) in [6.45, 7) is 3.91. The fourth-order valence-corrected chi connectivity index (χ4v) is 4.73. The first-order chi connectivity index (χ1) is 11.5. The number of hydrogen-bond acceptors (Lipinski definition) is 2. The minimum Gasteiger partial charge on any atom is -0.396 e. The molecule has 0 spiro atoms. The molecule has 0 aromatic carbocycles. The molecule has 0 aromatic rings. The van der Waals surface area contributed by atoms with E-state index >= 15 is 0 Å². The van der Waals surface area contributed by atoms with E-state index in [4.69, 9.17) is 5.11 Å². The van der Waals surface area contributed by atoms with E-state index in [1.165, 1.54) is 70.6 Å². The summed E-state index contributed by atoms with van der Waals surface area (Å²) < 4.78 is 0. The van der Waals surface area contributed by atoms with Crippen LogP contribution in [0.15, 0.2) is 0 Å². The molecule has 2 saturated carbocycles. The number of rotatable bonds is 7. The standard InChI is InChI=1S/C22H38O2/c1-22(2,24)14-13-19-10-12-20-16-18(9-11-21(20)17-19)8-6-4-3-5-7-15-23/h18-21,23-24H,3-12,15-17H2,1-2H3. The minimum atomic E-state index is -0.842. The summed E-state index contributed by atoms with van der Waals surface area (Å²) in [7, 11) is 0. The van der Waals surface area contributed by atoms with Gasteiger partial charge in [0.25, 0.3) is 0 Å². The molecule has 0 aliphatic heterocycles. The fraction of sp³-hybridized carbons (Fsp3) is 0.909. The van der Waals surface area contributed by atoms with Gasteiger partial charge in [-0.15, -0.1) is 0 Å². The minimum absolute atomic E-state index is 0.354. The van der Waals surface area contributed by atoms with Gasteiger partial charge in [0.05, 0.1) is 0 Å². The molecule has 0 radical (unpaired) electrons. The lowest BCUT2D eigenvalue weighted by molar-refractivity contribution is 0.108. The van der Waals surface area contributed by atoms with Crippen molar-refractivity contribution < 1.29 is 10.2 Å². The summed E-state index contributed by atoms with van der Waals surface area (Å²) in [6, 6.07) is 0. The summed E-state index contributed by atoms with van der Waals surface area (Å²) in [5, 5.41) is 18.6. The molecule has 2 heteroatoms. The highest BCUT2D eigenvalue weighted by Crippen LogP contribution is 2.45. The molecule has 0 bridgehead atoms. The van der Waals surface area contributed by atoms with E-state index in [2.05, 4.69) is 11.8 Å². The molecular formula is C22H38O2. The van der Waals surface area contributed by atoms with Gasteiger partial charge in [-0.1, -0.05) is 50.4 Å². The van der Waals surface area contributed by atoms with Crippen molar-refractivity contribution in [3.63, 3.8) is 0 Å². The molecule has 0 heterocycles. The van der Waals surface area contributed by atoms with E-state index in [9.17, 15) is 5.11 Å².